The summed E-state index contributed by atoms with van der Waals surface area (Å²) >= 11 is 3.29. The van der Waals surface area contributed by atoms with Gasteiger partial charge in [0.25, 0.3) is 11.8 Å². The van der Waals surface area contributed by atoms with Crippen molar-refractivity contribution >= 4 is 33.7 Å². The molecule has 0 unspecified atom stereocenters. The molecule has 1 aromatic heterocycles. The van der Waals surface area contributed by atoms with Gasteiger partial charge in [-0.25, -0.2) is 9.97 Å². The second-order valence-corrected chi connectivity index (χ2v) is 5.76. The summed E-state index contributed by atoms with van der Waals surface area (Å²) in [5, 5.41) is 2.53. The van der Waals surface area contributed by atoms with Gasteiger partial charge in [-0.3, -0.25) is 20.4 Å². The molecule has 1 heterocycles. The summed E-state index contributed by atoms with van der Waals surface area (Å²) in [6.07, 6.45) is 0. The highest BCUT2D eigenvalue weighted by atomic mass is 79.9. The Hall–Kier alpha value is -2.48. The van der Waals surface area contributed by atoms with Gasteiger partial charge in [-0.1, -0.05) is 22.0 Å². The lowest BCUT2D eigenvalue weighted by Crippen LogP contribution is -2.39. The number of nitrogens with zero attached hydrogens (tertiary/aromatic N) is 2. The van der Waals surface area contributed by atoms with Crippen LogP contribution in [0.25, 0.3) is 0 Å². The predicted octanol–water partition coefficient (Wildman–Crippen LogP) is 1.73. The number of aromatic nitrogens is 2. The lowest BCUT2D eigenvalue weighted by molar-refractivity contribution is -0.119. The average molecular weight is 378 g/mol. The molecule has 0 radical (unpaired) electrons. The predicted molar refractivity (Wildman–Crippen MR) is 89.7 cm³/mol. The van der Waals surface area contributed by atoms with Crippen LogP contribution in [-0.4, -0.2) is 28.3 Å². The summed E-state index contributed by atoms with van der Waals surface area (Å²) in [5.74, 6) is -0.436. The molecule has 2 rings (SSSR count). The Morgan fingerprint density at radius 3 is 2.48 bits per heavy atom. The largest absolute Gasteiger partial charge is 0.343 e. The Labute approximate surface area is 142 Å². The number of hydrazine groups is 1. The van der Waals surface area contributed by atoms with Gasteiger partial charge in [0.2, 0.25) is 5.95 Å². The molecule has 7 nitrogen and oxygen atoms in total. The molecule has 0 bridgehead atoms. The minimum absolute atomic E-state index is 0.164. The first-order valence-corrected chi connectivity index (χ1v) is 7.64. The van der Waals surface area contributed by atoms with E-state index >= 15 is 0 Å². The van der Waals surface area contributed by atoms with E-state index in [0.717, 1.165) is 15.9 Å². The molecule has 0 saturated carbocycles. The maximum atomic E-state index is 11.9. The van der Waals surface area contributed by atoms with E-state index in [-0.39, 0.29) is 12.5 Å². The van der Waals surface area contributed by atoms with Crippen molar-refractivity contribution in [3.05, 3.63) is 51.8 Å². The third-order valence-electron chi connectivity index (χ3n) is 2.79. The van der Waals surface area contributed by atoms with Crippen molar-refractivity contribution in [3.63, 3.8) is 0 Å². The van der Waals surface area contributed by atoms with Gasteiger partial charge < -0.3 is 5.32 Å². The fourth-order valence-electron chi connectivity index (χ4n) is 1.84. The minimum atomic E-state index is -0.406. The van der Waals surface area contributed by atoms with Crippen LogP contribution < -0.4 is 16.2 Å². The maximum absolute atomic E-state index is 11.9. The van der Waals surface area contributed by atoms with E-state index < -0.39 is 5.91 Å². The van der Waals surface area contributed by atoms with Crippen LogP contribution in [0.5, 0.6) is 0 Å². The zero-order chi connectivity index (χ0) is 16.8. The molecule has 0 atom stereocenters. The molecule has 0 saturated heterocycles. The van der Waals surface area contributed by atoms with Crippen LogP contribution in [-0.2, 0) is 4.79 Å². The SMILES string of the molecule is Cc1cc(C)nc(NNC(=O)CNC(=O)c2cccc(Br)c2)n1. The van der Waals surface area contributed by atoms with E-state index in [1.807, 2.05) is 26.0 Å². The molecule has 2 amide bonds. The summed E-state index contributed by atoms with van der Waals surface area (Å²) in [5.41, 5.74) is 7.10. The Morgan fingerprint density at radius 2 is 1.83 bits per heavy atom. The Kier molecular flexibility index (Phi) is 5.64. The number of nitrogens with one attached hydrogen (secondary N) is 3. The van der Waals surface area contributed by atoms with Crippen molar-refractivity contribution < 1.29 is 9.59 Å². The molecule has 120 valence electrons. The van der Waals surface area contributed by atoms with E-state index in [0.29, 0.717) is 11.5 Å². The first-order valence-electron chi connectivity index (χ1n) is 6.85. The Morgan fingerprint density at radius 1 is 1.13 bits per heavy atom. The van der Waals surface area contributed by atoms with Crippen LogP contribution in [0.2, 0.25) is 0 Å². The monoisotopic (exact) mass is 377 g/mol. The summed E-state index contributed by atoms with van der Waals surface area (Å²) in [7, 11) is 0. The van der Waals surface area contributed by atoms with Crippen molar-refractivity contribution in [3.8, 4) is 0 Å². The van der Waals surface area contributed by atoms with Crippen LogP contribution in [0, 0.1) is 13.8 Å². The van der Waals surface area contributed by atoms with E-state index in [1.54, 1.807) is 18.2 Å². The number of amides is 2. The van der Waals surface area contributed by atoms with Crippen LogP contribution in [0.15, 0.2) is 34.8 Å². The lowest BCUT2D eigenvalue weighted by atomic mass is 10.2. The second-order valence-electron chi connectivity index (χ2n) is 4.84. The van der Waals surface area contributed by atoms with Gasteiger partial charge in [-0.05, 0) is 38.1 Å². The number of hydrogen-bond acceptors (Lipinski definition) is 5. The quantitative estimate of drug-likeness (QED) is 0.689. The second kappa shape index (κ2) is 7.68. The zero-order valence-electron chi connectivity index (χ0n) is 12.7. The Bertz CT molecular complexity index is 715. The zero-order valence-corrected chi connectivity index (χ0v) is 14.3. The number of hydrogen-bond donors (Lipinski definition) is 3. The highest BCUT2D eigenvalue weighted by Gasteiger charge is 2.08. The molecule has 0 aliphatic heterocycles. The van der Waals surface area contributed by atoms with Gasteiger partial charge in [0.15, 0.2) is 0 Å². The summed E-state index contributed by atoms with van der Waals surface area (Å²) in [4.78, 5) is 31.9. The van der Waals surface area contributed by atoms with E-state index in [9.17, 15) is 9.59 Å². The van der Waals surface area contributed by atoms with Gasteiger partial charge >= 0.3 is 0 Å². The lowest BCUT2D eigenvalue weighted by Gasteiger charge is -2.09. The van der Waals surface area contributed by atoms with Crippen LogP contribution in [0.4, 0.5) is 5.95 Å². The number of carbonyl (C=O) groups excluding carboxylic acids is 2. The average Bonchev–Trinajstić information content (AvgIpc) is 2.49. The molecule has 23 heavy (non-hydrogen) atoms. The van der Waals surface area contributed by atoms with Crippen LogP contribution >= 0.6 is 15.9 Å². The smallest absolute Gasteiger partial charge is 0.257 e. The summed E-state index contributed by atoms with van der Waals surface area (Å²) in [6.45, 7) is 3.50. The molecule has 8 heteroatoms. The highest BCUT2D eigenvalue weighted by Crippen LogP contribution is 2.11. The number of aryl methyl sites for hydroxylation is 2. The van der Waals surface area contributed by atoms with Crippen molar-refractivity contribution in [2.75, 3.05) is 12.0 Å². The molecular weight excluding hydrogens is 362 g/mol. The molecule has 1 aromatic carbocycles. The molecule has 0 aliphatic carbocycles. The minimum Gasteiger partial charge on any atom is -0.343 e. The highest BCUT2D eigenvalue weighted by molar-refractivity contribution is 9.10. The normalized spacial score (nSPS) is 10.0. The number of anilines is 1. The van der Waals surface area contributed by atoms with E-state index in [1.165, 1.54) is 0 Å². The number of carbonyl (C=O) groups is 2. The molecule has 0 aliphatic rings. The molecule has 3 N–H and O–H groups in total. The standard InChI is InChI=1S/C15H16BrN5O2/c1-9-6-10(2)19-15(18-9)21-20-13(22)8-17-14(23)11-4-3-5-12(16)7-11/h3-7H,8H2,1-2H3,(H,17,23)(H,20,22)(H,18,19,21). The molecular formula is C15H16BrN5O2. The van der Waals surface area contributed by atoms with Gasteiger partial charge in [0.05, 0.1) is 6.54 Å². The summed E-state index contributed by atoms with van der Waals surface area (Å²) < 4.78 is 0.795. The maximum Gasteiger partial charge on any atom is 0.257 e. The van der Waals surface area contributed by atoms with Gasteiger partial charge in [0.1, 0.15) is 0 Å². The topological polar surface area (TPSA) is 96.0 Å². The fourth-order valence-corrected chi connectivity index (χ4v) is 2.24. The third-order valence-corrected chi connectivity index (χ3v) is 3.29. The third kappa shape index (κ3) is 5.33. The van der Waals surface area contributed by atoms with E-state index in [4.69, 9.17) is 0 Å². The van der Waals surface area contributed by atoms with Crippen molar-refractivity contribution in [2.45, 2.75) is 13.8 Å². The van der Waals surface area contributed by atoms with Gasteiger partial charge in [0, 0.05) is 21.4 Å². The van der Waals surface area contributed by atoms with Crippen molar-refractivity contribution in [1.29, 1.82) is 0 Å². The van der Waals surface area contributed by atoms with E-state index in [2.05, 4.69) is 42.1 Å². The van der Waals surface area contributed by atoms with Gasteiger partial charge in [-0.15, -0.1) is 0 Å². The Balaban J connectivity index is 1.82. The molecule has 2 aromatic rings. The van der Waals surface area contributed by atoms with Crippen molar-refractivity contribution in [1.82, 2.24) is 20.7 Å². The molecule has 0 fully saturated rings. The summed E-state index contributed by atoms with van der Waals surface area (Å²) in [6, 6.07) is 8.73. The molecule has 0 spiro atoms. The van der Waals surface area contributed by atoms with Crippen LogP contribution in [0.1, 0.15) is 21.7 Å². The van der Waals surface area contributed by atoms with Crippen LogP contribution in [0.3, 0.4) is 0 Å². The fraction of sp³-hybridized carbons (Fsp3) is 0.200. The number of benzene rings is 1. The first kappa shape index (κ1) is 16.9. The first-order chi connectivity index (χ1) is 10.9. The van der Waals surface area contributed by atoms with Gasteiger partial charge in [-0.2, -0.15) is 0 Å². The van der Waals surface area contributed by atoms with Crippen molar-refractivity contribution in [2.24, 2.45) is 0 Å². The number of rotatable bonds is 5. The number of halogens is 1.